The van der Waals surface area contributed by atoms with Crippen LogP contribution in [0.1, 0.15) is 84.0 Å². The third-order valence-corrected chi connectivity index (χ3v) is 5.20. The van der Waals surface area contributed by atoms with Gasteiger partial charge in [0.25, 0.3) is 0 Å². The SMILES string of the molecule is CCCNC1CC2CCCCCCCCCCC21. The van der Waals surface area contributed by atoms with Gasteiger partial charge in [-0.05, 0) is 37.6 Å². The quantitative estimate of drug-likeness (QED) is 0.752. The lowest BCUT2D eigenvalue weighted by Gasteiger charge is -2.46. The lowest BCUT2D eigenvalue weighted by Crippen LogP contribution is -2.50. The Morgan fingerprint density at radius 3 is 2.11 bits per heavy atom. The molecule has 0 aliphatic heterocycles. The molecule has 2 fully saturated rings. The molecule has 0 amide bonds. The zero-order valence-corrected chi connectivity index (χ0v) is 12.4. The van der Waals surface area contributed by atoms with Crippen molar-refractivity contribution in [3.8, 4) is 0 Å². The van der Waals surface area contributed by atoms with Gasteiger partial charge in [0.1, 0.15) is 0 Å². The molecule has 106 valence electrons. The molecule has 0 aromatic heterocycles. The fourth-order valence-electron chi connectivity index (χ4n) is 3.99. The summed E-state index contributed by atoms with van der Waals surface area (Å²) in [5, 5.41) is 3.78. The van der Waals surface area contributed by atoms with Crippen molar-refractivity contribution in [2.45, 2.75) is 90.0 Å². The van der Waals surface area contributed by atoms with Gasteiger partial charge in [-0.2, -0.15) is 0 Å². The first-order chi connectivity index (χ1) is 8.92. The molecule has 0 spiro atoms. The van der Waals surface area contributed by atoms with E-state index in [0.29, 0.717) is 0 Å². The van der Waals surface area contributed by atoms with E-state index in [0.717, 1.165) is 17.9 Å². The maximum absolute atomic E-state index is 3.78. The van der Waals surface area contributed by atoms with E-state index in [1.165, 1.54) is 83.6 Å². The van der Waals surface area contributed by atoms with Gasteiger partial charge in [0.2, 0.25) is 0 Å². The second kappa shape index (κ2) is 8.19. The van der Waals surface area contributed by atoms with Gasteiger partial charge in [-0.3, -0.25) is 0 Å². The molecule has 0 aromatic carbocycles. The number of rotatable bonds is 3. The van der Waals surface area contributed by atoms with Crippen LogP contribution in [0.2, 0.25) is 0 Å². The monoisotopic (exact) mass is 251 g/mol. The van der Waals surface area contributed by atoms with Gasteiger partial charge in [-0.25, -0.2) is 0 Å². The molecule has 1 nitrogen and oxygen atoms in total. The summed E-state index contributed by atoms with van der Waals surface area (Å²) in [7, 11) is 0. The highest BCUT2D eigenvalue weighted by Crippen LogP contribution is 2.42. The first kappa shape index (κ1) is 14.4. The molecule has 2 aliphatic rings. The van der Waals surface area contributed by atoms with E-state index in [9.17, 15) is 0 Å². The summed E-state index contributed by atoms with van der Waals surface area (Å²) in [6.45, 7) is 3.51. The van der Waals surface area contributed by atoms with Crippen molar-refractivity contribution in [1.29, 1.82) is 0 Å². The average molecular weight is 251 g/mol. The molecule has 0 radical (unpaired) electrons. The Morgan fingerprint density at radius 1 is 0.833 bits per heavy atom. The summed E-state index contributed by atoms with van der Waals surface area (Å²) >= 11 is 0. The van der Waals surface area contributed by atoms with Crippen molar-refractivity contribution in [3.05, 3.63) is 0 Å². The summed E-state index contributed by atoms with van der Waals surface area (Å²) in [5.41, 5.74) is 0. The Bertz CT molecular complexity index is 212. The van der Waals surface area contributed by atoms with Crippen molar-refractivity contribution in [2.24, 2.45) is 11.8 Å². The van der Waals surface area contributed by atoms with Crippen molar-refractivity contribution in [3.63, 3.8) is 0 Å². The molecule has 2 rings (SSSR count). The largest absolute Gasteiger partial charge is 0.314 e. The molecular weight excluding hydrogens is 218 g/mol. The summed E-state index contributed by atoms with van der Waals surface area (Å²) < 4.78 is 0. The Balaban J connectivity index is 1.75. The molecule has 3 atom stereocenters. The molecule has 3 unspecified atom stereocenters. The minimum atomic E-state index is 0.873. The van der Waals surface area contributed by atoms with Gasteiger partial charge in [0.05, 0.1) is 0 Å². The van der Waals surface area contributed by atoms with Crippen molar-refractivity contribution >= 4 is 0 Å². The molecule has 1 heteroatoms. The maximum atomic E-state index is 3.78. The van der Waals surface area contributed by atoms with E-state index in [4.69, 9.17) is 0 Å². The fourth-order valence-corrected chi connectivity index (χ4v) is 3.99. The van der Waals surface area contributed by atoms with Gasteiger partial charge in [-0.15, -0.1) is 0 Å². The zero-order valence-electron chi connectivity index (χ0n) is 12.4. The fraction of sp³-hybridized carbons (Fsp3) is 1.00. The Kier molecular flexibility index (Phi) is 6.54. The molecular formula is C17H33N. The number of nitrogens with one attached hydrogen (secondary N) is 1. The highest BCUT2D eigenvalue weighted by Gasteiger charge is 2.38. The van der Waals surface area contributed by atoms with Crippen molar-refractivity contribution in [2.75, 3.05) is 6.54 Å². The van der Waals surface area contributed by atoms with Crippen LogP contribution in [0.5, 0.6) is 0 Å². The number of hydrogen-bond acceptors (Lipinski definition) is 1. The van der Waals surface area contributed by atoms with Crippen molar-refractivity contribution < 1.29 is 0 Å². The lowest BCUT2D eigenvalue weighted by atomic mass is 9.65. The van der Waals surface area contributed by atoms with Gasteiger partial charge in [0.15, 0.2) is 0 Å². The molecule has 0 aromatic rings. The molecule has 1 N–H and O–H groups in total. The standard InChI is InChI=1S/C17H33N/c1-2-13-18-17-14-15-11-9-7-5-3-4-6-8-10-12-16(15)17/h15-18H,2-14H2,1H3. The summed E-state index contributed by atoms with van der Waals surface area (Å²) in [4.78, 5) is 0. The van der Waals surface area contributed by atoms with Crippen LogP contribution in [-0.2, 0) is 0 Å². The Hall–Kier alpha value is -0.0400. The van der Waals surface area contributed by atoms with Crippen LogP contribution < -0.4 is 5.32 Å². The van der Waals surface area contributed by atoms with E-state index in [2.05, 4.69) is 12.2 Å². The average Bonchev–Trinajstić information content (AvgIpc) is 2.36. The third-order valence-electron chi connectivity index (χ3n) is 5.20. The first-order valence-electron chi connectivity index (χ1n) is 8.65. The predicted octanol–water partition coefficient (Wildman–Crippen LogP) is 4.91. The third kappa shape index (κ3) is 4.26. The minimum Gasteiger partial charge on any atom is -0.314 e. The van der Waals surface area contributed by atoms with Crippen LogP contribution in [0.3, 0.4) is 0 Å². The smallest absolute Gasteiger partial charge is 0.0101 e. The Morgan fingerprint density at radius 2 is 1.44 bits per heavy atom. The summed E-state index contributed by atoms with van der Waals surface area (Å²) in [5.74, 6) is 2.09. The van der Waals surface area contributed by atoms with E-state index in [1.54, 1.807) is 0 Å². The van der Waals surface area contributed by atoms with Crippen LogP contribution in [0, 0.1) is 11.8 Å². The normalized spacial score (nSPS) is 34.8. The highest BCUT2D eigenvalue weighted by atomic mass is 14.9. The molecule has 0 saturated heterocycles. The van der Waals surface area contributed by atoms with Crippen LogP contribution in [0.15, 0.2) is 0 Å². The van der Waals surface area contributed by atoms with Gasteiger partial charge < -0.3 is 5.32 Å². The predicted molar refractivity (Wildman–Crippen MR) is 79.8 cm³/mol. The van der Waals surface area contributed by atoms with Gasteiger partial charge in [0, 0.05) is 6.04 Å². The zero-order chi connectivity index (χ0) is 12.6. The number of hydrogen-bond donors (Lipinski definition) is 1. The molecule has 18 heavy (non-hydrogen) atoms. The minimum absolute atomic E-state index is 0.873. The summed E-state index contributed by atoms with van der Waals surface area (Å²) in [6, 6.07) is 0.873. The van der Waals surface area contributed by atoms with Gasteiger partial charge in [-0.1, -0.05) is 64.7 Å². The topological polar surface area (TPSA) is 12.0 Å². The van der Waals surface area contributed by atoms with Crippen LogP contribution >= 0.6 is 0 Å². The Labute approximate surface area is 114 Å². The second-order valence-corrected chi connectivity index (χ2v) is 6.63. The molecule has 2 saturated carbocycles. The summed E-state index contributed by atoms with van der Waals surface area (Å²) in [6.07, 6.45) is 17.7. The number of fused-ring (bicyclic) bond motifs is 1. The molecule has 2 aliphatic carbocycles. The molecule has 0 bridgehead atoms. The van der Waals surface area contributed by atoms with E-state index in [-0.39, 0.29) is 0 Å². The molecule has 0 heterocycles. The van der Waals surface area contributed by atoms with Gasteiger partial charge >= 0.3 is 0 Å². The lowest BCUT2D eigenvalue weighted by molar-refractivity contribution is 0.0829. The van der Waals surface area contributed by atoms with E-state index >= 15 is 0 Å². The second-order valence-electron chi connectivity index (χ2n) is 6.63. The van der Waals surface area contributed by atoms with Crippen LogP contribution in [-0.4, -0.2) is 12.6 Å². The maximum Gasteiger partial charge on any atom is 0.0101 e. The van der Waals surface area contributed by atoms with Crippen LogP contribution in [0.25, 0.3) is 0 Å². The van der Waals surface area contributed by atoms with Crippen LogP contribution in [0.4, 0.5) is 0 Å². The first-order valence-corrected chi connectivity index (χ1v) is 8.65. The van der Waals surface area contributed by atoms with E-state index < -0.39 is 0 Å². The highest BCUT2D eigenvalue weighted by molar-refractivity contribution is 4.93. The van der Waals surface area contributed by atoms with Crippen molar-refractivity contribution in [1.82, 2.24) is 5.32 Å². The van der Waals surface area contributed by atoms with E-state index in [1.807, 2.05) is 0 Å².